The highest BCUT2D eigenvalue weighted by Crippen LogP contribution is 2.18. The number of hydrogen-bond acceptors (Lipinski definition) is 7. The third-order valence-corrected chi connectivity index (χ3v) is 5.81. The lowest BCUT2D eigenvalue weighted by atomic mass is 10.2. The van der Waals surface area contributed by atoms with Crippen molar-refractivity contribution in [3.05, 3.63) is 52.2 Å². The van der Waals surface area contributed by atoms with Gasteiger partial charge in [-0.1, -0.05) is 30.0 Å². The number of amides is 1. The molecule has 2 aromatic heterocycles. The Morgan fingerprint density at radius 2 is 1.96 bits per heavy atom. The fraction of sp³-hybridized carbons (Fsp3) is 0.333. The Hall–Kier alpha value is -2.39. The molecule has 0 N–H and O–H groups in total. The Kier molecular flexibility index (Phi) is 6.46. The number of benzene rings is 1. The smallest absolute Gasteiger partial charge is 0.233 e. The lowest BCUT2D eigenvalue weighted by Crippen LogP contribution is -2.28. The molecular weight excluding hydrogens is 380 g/mol. The van der Waals surface area contributed by atoms with Crippen LogP contribution in [-0.2, 0) is 17.9 Å². The molecule has 3 aromatic rings. The fourth-order valence-electron chi connectivity index (χ4n) is 2.45. The van der Waals surface area contributed by atoms with E-state index in [1.54, 1.807) is 20.9 Å². The van der Waals surface area contributed by atoms with Crippen molar-refractivity contribution < 1.29 is 4.79 Å². The standard InChI is InChI=1S/C18H22N6OS2/c1-22(2)15-8-6-14(7-9-15)11-23(3)17(25)13-27-18-19-20-21-24(18)12-16-5-4-10-26-16/h4-10H,11-13H2,1-3H3. The Labute approximate surface area is 167 Å². The predicted octanol–water partition coefficient (Wildman–Crippen LogP) is 2.60. The number of anilines is 1. The van der Waals surface area contributed by atoms with E-state index in [1.165, 1.54) is 16.6 Å². The molecule has 3 rings (SSSR count). The number of aromatic nitrogens is 4. The summed E-state index contributed by atoms with van der Waals surface area (Å²) in [6, 6.07) is 12.3. The molecule has 0 spiro atoms. The van der Waals surface area contributed by atoms with Gasteiger partial charge in [0, 0.05) is 38.3 Å². The first kappa shape index (κ1) is 19.4. The number of nitrogens with zero attached hydrogens (tertiary/aromatic N) is 6. The van der Waals surface area contributed by atoms with Gasteiger partial charge in [-0.15, -0.1) is 16.4 Å². The maximum atomic E-state index is 12.5. The molecule has 0 aliphatic heterocycles. The minimum atomic E-state index is 0.0439. The Bertz CT molecular complexity index is 860. The van der Waals surface area contributed by atoms with Crippen molar-refractivity contribution in [2.75, 3.05) is 31.8 Å². The van der Waals surface area contributed by atoms with E-state index in [4.69, 9.17) is 0 Å². The summed E-state index contributed by atoms with van der Waals surface area (Å²) in [7, 11) is 5.83. The number of thioether (sulfide) groups is 1. The summed E-state index contributed by atoms with van der Waals surface area (Å²) in [4.78, 5) is 17.4. The Morgan fingerprint density at radius 1 is 1.19 bits per heavy atom. The fourth-order valence-corrected chi connectivity index (χ4v) is 3.95. The average molecular weight is 403 g/mol. The third-order valence-electron chi connectivity index (χ3n) is 4.01. The molecule has 0 saturated heterocycles. The molecule has 1 amide bonds. The van der Waals surface area contributed by atoms with E-state index < -0.39 is 0 Å². The lowest BCUT2D eigenvalue weighted by molar-refractivity contribution is -0.127. The number of carbonyl (C=O) groups excluding carboxylic acids is 1. The molecular formula is C18H22N6OS2. The largest absolute Gasteiger partial charge is 0.378 e. The van der Waals surface area contributed by atoms with Crippen LogP contribution in [0.1, 0.15) is 10.4 Å². The summed E-state index contributed by atoms with van der Waals surface area (Å²) in [6.07, 6.45) is 0. The summed E-state index contributed by atoms with van der Waals surface area (Å²) in [5.74, 6) is 0.347. The molecule has 142 valence electrons. The quantitative estimate of drug-likeness (QED) is 0.540. The molecule has 27 heavy (non-hydrogen) atoms. The van der Waals surface area contributed by atoms with Crippen molar-refractivity contribution >= 4 is 34.7 Å². The first-order chi connectivity index (χ1) is 13.0. The van der Waals surface area contributed by atoms with Crippen LogP contribution in [0.2, 0.25) is 0 Å². The van der Waals surface area contributed by atoms with Crippen LogP contribution in [0, 0.1) is 0 Å². The summed E-state index contributed by atoms with van der Waals surface area (Å²) in [6.45, 7) is 1.20. The van der Waals surface area contributed by atoms with E-state index in [9.17, 15) is 4.79 Å². The molecule has 0 bridgehead atoms. The van der Waals surface area contributed by atoms with Crippen LogP contribution in [0.15, 0.2) is 46.9 Å². The van der Waals surface area contributed by atoms with Crippen LogP contribution in [0.5, 0.6) is 0 Å². The minimum Gasteiger partial charge on any atom is -0.378 e. The highest BCUT2D eigenvalue weighted by Gasteiger charge is 2.14. The summed E-state index contributed by atoms with van der Waals surface area (Å²) < 4.78 is 1.73. The van der Waals surface area contributed by atoms with Crippen LogP contribution in [0.3, 0.4) is 0 Å². The van der Waals surface area contributed by atoms with Crippen molar-refractivity contribution in [3.8, 4) is 0 Å². The second-order valence-electron chi connectivity index (χ2n) is 6.30. The molecule has 1 aromatic carbocycles. The van der Waals surface area contributed by atoms with Crippen LogP contribution in [0.4, 0.5) is 5.69 Å². The molecule has 9 heteroatoms. The number of rotatable bonds is 8. The molecule has 0 fully saturated rings. The molecule has 0 radical (unpaired) electrons. The molecule has 7 nitrogen and oxygen atoms in total. The van der Waals surface area contributed by atoms with Crippen molar-refractivity contribution in [3.63, 3.8) is 0 Å². The molecule has 0 unspecified atom stereocenters. The van der Waals surface area contributed by atoms with Crippen LogP contribution in [-0.4, -0.2) is 57.9 Å². The summed E-state index contributed by atoms with van der Waals surface area (Å²) in [5.41, 5.74) is 2.24. The zero-order valence-electron chi connectivity index (χ0n) is 15.6. The predicted molar refractivity (Wildman–Crippen MR) is 109 cm³/mol. The third kappa shape index (κ3) is 5.30. The van der Waals surface area contributed by atoms with Crippen molar-refractivity contribution in [2.24, 2.45) is 0 Å². The van der Waals surface area contributed by atoms with Crippen LogP contribution in [0.25, 0.3) is 0 Å². The Morgan fingerprint density at radius 3 is 2.63 bits per heavy atom. The number of carbonyl (C=O) groups is 1. The molecule has 0 aliphatic carbocycles. The maximum Gasteiger partial charge on any atom is 0.233 e. The van der Waals surface area contributed by atoms with Gasteiger partial charge in [0.1, 0.15) is 0 Å². The summed E-state index contributed by atoms with van der Waals surface area (Å²) >= 11 is 3.02. The van der Waals surface area contributed by atoms with Gasteiger partial charge in [-0.25, -0.2) is 4.68 Å². The Balaban J connectivity index is 1.52. The van der Waals surface area contributed by atoms with E-state index in [0.717, 1.165) is 11.3 Å². The van der Waals surface area contributed by atoms with Crippen LogP contribution >= 0.6 is 23.1 Å². The van der Waals surface area contributed by atoms with Gasteiger partial charge in [-0.2, -0.15) is 0 Å². The van der Waals surface area contributed by atoms with E-state index in [0.29, 0.717) is 24.0 Å². The second-order valence-corrected chi connectivity index (χ2v) is 8.27. The normalized spacial score (nSPS) is 10.8. The number of thiophene rings is 1. The lowest BCUT2D eigenvalue weighted by Gasteiger charge is -2.18. The highest BCUT2D eigenvalue weighted by atomic mass is 32.2. The van der Waals surface area contributed by atoms with Crippen LogP contribution < -0.4 is 4.90 Å². The topological polar surface area (TPSA) is 67.2 Å². The van der Waals surface area contributed by atoms with Gasteiger partial charge in [-0.3, -0.25) is 4.79 Å². The summed E-state index contributed by atoms with van der Waals surface area (Å²) in [5, 5.41) is 14.5. The second kappa shape index (κ2) is 9.01. The molecule has 0 saturated carbocycles. The monoisotopic (exact) mass is 402 g/mol. The van der Waals surface area contributed by atoms with Gasteiger partial charge < -0.3 is 9.80 Å². The maximum absolute atomic E-state index is 12.5. The van der Waals surface area contributed by atoms with Gasteiger partial charge in [0.25, 0.3) is 0 Å². The van der Waals surface area contributed by atoms with Gasteiger partial charge in [0.2, 0.25) is 11.1 Å². The average Bonchev–Trinajstić information content (AvgIpc) is 3.32. The highest BCUT2D eigenvalue weighted by molar-refractivity contribution is 7.99. The van der Waals surface area contributed by atoms with Gasteiger partial charge in [-0.05, 0) is 39.6 Å². The van der Waals surface area contributed by atoms with E-state index >= 15 is 0 Å². The van der Waals surface area contributed by atoms with Gasteiger partial charge in [0.05, 0.1) is 12.3 Å². The number of tetrazole rings is 1. The van der Waals surface area contributed by atoms with Gasteiger partial charge in [0.15, 0.2) is 0 Å². The van der Waals surface area contributed by atoms with E-state index in [2.05, 4.69) is 32.6 Å². The molecule has 0 atom stereocenters. The number of hydrogen-bond donors (Lipinski definition) is 0. The van der Waals surface area contributed by atoms with E-state index in [1.807, 2.05) is 50.8 Å². The molecule has 2 heterocycles. The minimum absolute atomic E-state index is 0.0439. The first-order valence-corrected chi connectivity index (χ1v) is 10.3. The molecule has 0 aliphatic rings. The zero-order valence-corrected chi connectivity index (χ0v) is 17.2. The first-order valence-electron chi connectivity index (χ1n) is 8.44. The van der Waals surface area contributed by atoms with Crippen molar-refractivity contribution in [1.29, 1.82) is 0 Å². The van der Waals surface area contributed by atoms with Crippen molar-refractivity contribution in [1.82, 2.24) is 25.1 Å². The van der Waals surface area contributed by atoms with Crippen molar-refractivity contribution in [2.45, 2.75) is 18.2 Å². The zero-order chi connectivity index (χ0) is 19.2. The SMILES string of the molecule is CN(Cc1ccc(N(C)C)cc1)C(=O)CSc1nnnn1Cc1cccs1. The van der Waals surface area contributed by atoms with E-state index in [-0.39, 0.29) is 5.91 Å². The van der Waals surface area contributed by atoms with Gasteiger partial charge >= 0.3 is 0 Å².